The fourth-order valence-corrected chi connectivity index (χ4v) is 4.00. The van der Waals surface area contributed by atoms with Gasteiger partial charge in [-0.15, -0.1) is 0 Å². The lowest BCUT2D eigenvalue weighted by molar-refractivity contribution is 0.0594. The first kappa shape index (κ1) is 19.5. The van der Waals surface area contributed by atoms with Gasteiger partial charge in [0.05, 0.1) is 18.5 Å². The summed E-state index contributed by atoms with van der Waals surface area (Å²) in [4.78, 5) is 17.0. The van der Waals surface area contributed by atoms with E-state index in [4.69, 9.17) is 9.84 Å². The van der Waals surface area contributed by atoms with E-state index in [0.29, 0.717) is 17.3 Å². The Hall–Kier alpha value is -2.80. The summed E-state index contributed by atoms with van der Waals surface area (Å²) in [6, 6.07) is 8.00. The molecule has 3 heterocycles. The first-order chi connectivity index (χ1) is 14.0. The zero-order valence-electron chi connectivity index (χ0n) is 17.9. The predicted molar refractivity (Wildman–Crippen MR) is 110 cm³/mol. The molecule has 3 aromatic rings. The molecule has 29 heavy (non-hydrogen) atoms. The largest absolute Gasteiger partial charge is 1.00 e. The van der Waals surface area contributed by atoms with Gasteiger partial charge in [-0.3, -0.25) is 0 Å². The number of esters is 1. The Labute approximate surface area is 170 Å². The normalized spacial score (nSPS) is 15.2. The molecule has 1 aliphatic rings. The summed E-state index contributed by atoms with van der Waals surface area (Å²) in [7, 11) is 1.36. The van der Waals surface area contributed by atoms with Crippen LogP contribution in [-0.2, 0) is 4.74 Å². The lowest BCUT2D eigenvalue weighted by atomic mass is 9.87. The van der Waals surface area contributed by atoms with E-state index in [1.54, 1.807) is 16.8 Å². The van der Waals surface area contributed by atoms with Gasteiger partial charge in [-0.05, 0) is 73.7 Å². The van der Waals surface area contributed by atoms with Crippen LogP contribution in [0.4, 0.5) is 4.39 Å². The van der Waals surface area contributed by atoms with Crippen molar-refractivity contribution in [1.29, 1.82) is 0 Å². The second-order valence-electron chi connectivity index (χ2n) is 7.74. The predicted octanol–water partition coefficient (Wildman–Crippen LogP) is 4.05. The molecule has 0 saturated carbocycles. The number of carbonyl (C=O) groups is 1. The Balaban J connectivity index is 0.00000256. The zero-order chi connectivity index (χ0) is 20.5. The molecule has 0 spiro atoms. The van der Waals surface area contributed by atoms with Gasteiger partial charge in [0.2, 0.25) is 0 Å². The number of carbonyl (C=O) groups excluding carboxylic acids is 1. The maximum atomic E-state index is 13.5. The molecule has 1 saturated heterocycles. The Morgan fingerprint density at radius 2 is 1.97 bits per heavy atom. The third kappa shape index (κ3) is 3.62. The van der Waals surface area contributed by atoms with Gasteiger partial charge in [-0.2, -0.15) is 5.10 Å². The van der Waals surface area contributed by atoms with Crippen LogP contribution < -0.4 is 5.32 Å². The highest BCUT2D eigenvalue weighted by atomic mass is 19.1. The minimum atomic E-state index is -0.472. The van der Waals surface area contributed by atoms with Gasteiger partial charge < -0.3 is 10.1 Å². The number of hydrogen-bond donors (Lipinski definition) is 1. The van der Waals surface area contributed by atoms with E-state index in [1.165, 1.54) is 19.2 Å². The molecule has 1 N–H and O–H groups in total. The number of aromatic nitrogens is 3. The molecule has 0 amide bonds. The van der Waals surface area contributed by atoms with Gasteiger partial charge in [0.25, 0.3) is 0 Å². The van der Waals surface area contributed by atoms with E-state index in [-0.39, 0.29) is 18.9 Å². The number of methoxy groups -OCH3 is 1. The van der Waals surface area contributed by atoms with E-state index >= 15 is 0 Å². The van der Waals surface area contributed by atoms with Crippen molar-refractivity contribution in [3.05, 3.63) is 53.1 Å². The number of nitrogens with one attached hydrogen (secondary N) is 1. The van der Waals surface area contributed by atoms with Gasteiger partial charge >= 0.3 is 7.40 Å². The maximum absolute atomic E-state index is 13.5. The molecule has 0 radical (unpaired) electrons. The highest BCUT2D eigenvalue weighted by Gasteiger charge is 2.27. The SMILES string of the molecule is COC(=O)c1cc(C2CCNCC2)c2c(C(C)C)nn(-c3ccc(F)cc3)c2n1.[H+]. The van der Waals surface area contributed by atoms with Crippen LogP contribution in [0.25, 0.3) is 16.7 Å². The van der Waals surface area contributed by atoms with Crippen LogP contribution in [-0.4, -0.2) is 40.9 Å². The van der Waals surface area contributed by atoms with Crippen molar-refractivity contribution < 1.29 is 15.3 Å². The summed E-state index contributed by atoms with van der Waals surface area (Å²) in [6.45, 7) is 6.06. The van der Waals surface area contributed by atoms with Crippen molar-refractivity contribution in [2.75, 3.05) is 20.2 Å². The first-order valence-electron chi connectivity index (χ1n) is 9.98. The lowest BCUT2D eigenvalue weighted by Gasteiger charge is -2.24. The second-order valence-corrected chi connectivity index (χ2v) is 7.74. The molecule has 1 aliphatic heterocycles. The Morgan fingerprint density at radius 3 is 2.59 bits per heavy atom. The number of rotatable bonds is 4. The Kier molecular flexibility index (Phi) is 5.32. The highest BCUT2D eigenvalue weighted by Crippen LogP contribution is 2.36. The molecule has 0 unspecified atom stereocenters. The van der Waals surface area contributed by atoms with Crippen LogP contribution in [0.5, 0.6) is 0 Å². The van der Waals surface area contributed by atoms with Crippen LogP contribution in [0.2, 0.25) is 0 Å². The summed E-state index contributed by atoms with van der Waals surface area (Å²) < 4.78 is 20.1. The number of piperidine rings is 1. The summed E-state index contributed by atoms with van der Waals surface area (Å²) >= 11 is 0. The van der Waals surface area contributed by atoms with Crippen molar-refractivity contribution in [2.24, 2.45) is 0 Å². The van der Waals surface area contributed by atoms with Crippen molar-refractivity contribution >= 4 is 17.0 Å². The molecular weight excluding hydrogens is 371 g/mol. The number of nitrogens with zero attached hydrogens (tertiary/aromatic N) is 3. The number of ether oxygens (including phenoxy) is 1. The number of benzene rings is 1. The molecule has 0 aliphatic carbocycles. The monoisotopic (exact) mass is 397 g/mol. The zero-order valence-corrected chi connectivity index (χ0v) is 16.9. The van der Waals surface area contributed by atoms with Gasteiger partial charge in [0.15, 0.2) is 11.3 Å². The van der Waals surface area contributed by atoms with Gasteiger partial charge in [-0.25, -0.2) is 18.9 Å². The summed E-state index contributed by atoms with van der Waals surface area (Å²) in [5, 5.41) is 9.22. The lowest BCUT2D eigenvalue weighted by Crippen LogP contribution is -2.27. The van der Waals surface area contributed by atoms with E-state index in [1.807, 2.05) is 6.07 Å². The molecule has 0 atom stereocenters. The molecule has 0 bridgehead atoms. The van der Waals surface area contributed by atoms with Gasteiger partial charge in [0, 0.05) is 5.39 Å². The number of pyridine rings is 1. The van der Waals surface area contributed by atoms with Crippen molar-refractivity contribution in [3.63, 3.8) is 0 Å². The molecule has 2 aromatic heterocycles. The van der Waals surface area contributed by atoms with E-state index in [2.05, 4.69) is 24.1 Å². The fraction of sp³-hybridized carbons (Fsp3) is 0.409. The van der Waals surface area contributed by atoms with Crippen LogP contribution >= 0.6 is 0 Å². The molecule has 6 nitrogen and oxygen atoms in total. The van der Waals surface area contributed by atoms with Crippen molar-refractivity contribution in [1.82, 2.24) is 20.1 Å². The summed E-state index contributed by atoms with van der Waals surface area (Å²) in [5.74, 6) is -0.299. The summed E-state index contributed by atoms with van der Waals surface area (Å²) in [6.07, 6.45) is 1.97. The first-order valence-corrected chi connectivity index (χ1v) is 9.98. The van der Waals surface area contributed by atoms with Crippen molar-refractivity contribution in [2.45, 2.75) is 38.5 Å². The van der Waals surface area contributed by atoms with Gasteiger partial charge in [0.1, 0.15) is 5.82 Å². The molecule has 1 aromatic carbocycles. The number of hydrogen-bond acceptors (Lipinski definition) is 5. The third-order valence-corrected chi connectivity index (χ3v) is 5.49. The molecule has 1 fully saturated rings. The Bertz CT molecular complexity index is 1040. The quantitative estimate of drug-likeness (QED) is 0.673. The maximum Gasteiger partial charge on any atom is 1.00 e. The topological polar surface area (TPSA) is 69.0 Å². The van der Waals surface area contributed by atoms with E-state index < -0.39 is 5.97 Å². The van der Waals surface area contributed by atoms with Crippen LogP contribution in [0.15, 0.2) is 30.3 Å². The minimum Gasteiger partial charge on any atom is -0.464 e. The molecule has 4 rings (SSSR count). The molecule has 152 valence electrons. The van der Waals surface area contributed by atoms with E-state index in [0.717, 1.165) is 42.6 Å². The van der Waals surface area contributed by atoms with Crippen LogP contribution in [0.3, 0.4) is 0 Å². The highest BCUT2D eigenvalue weighted by molar-refractivity contribution is 5.93. The minimum absolute atomic E-state index is 0. The summed E-state index contributed by atoms with van der Waals surface area (Å²) in [5.41, 5.74) is 3.61. The molecular formula is C22H26FN4O2+. The average Bonchev–Trinajstić information content (AvgIpc) is 3.13. The van der Waals surface area contributed by atoms with E-state index in [9.17, 15) is 9.18 Å². The van der Waals surface area contributed by atoms with Crippen molar-refractivity contribution in [3.8, 4) is 5.69 Å². The molecule has 7 heteroatoms. The third-order valence-electron chi connectivity index (χ3n) is 5.49. The Morgan fingerprint density at radius 1 is 1.28 bits per heavy atom. The smallest absolute Gasteiger partial charge is 0.464 e. The number of fused-ring (bicyclic) bond motifs is 1. The van der Waals surface area contributed by atoms with Crippen LogP contribution in [0, 0.1) is 5.82 Å². The number of halogens is 1. The van der Waals surface area contributed by atoms with Crippen LogP contribution in [0.1, 0.15) is 61.7 Å². The second kappa shape index (κ2) is 7.91. The average molecular weight is 397 g/mol. The van der Waals surface area contributed by atoms with Gasteiger partial charge in [-0.1, -0.05) is 13.8 Å². The standard InChI is InChI=1S/C22H25FN4O2/c1-13(2)20-19-17(14-8-10-24-11-9-14)12-18(22(28)29-3)25-21(19)27(26-20)16-6-4-15(23)5-7-16/h4-7,12-14,24H,8-11H2,1-3H3/p+1. The fourth-order valence-electron chi connectivity index (χ4n) is 4.00.